The van der Waals surface area contributed by atoms with E-state index >= 15 is 0 Å². The molecule has 0 saturated carbocycles. The lowest BCUT2D eigenvalue weighted by molar-refractivity contribution is -0.114. The zero-order chi connectivity index (χ0) is 12.3. The summed E-state index contributed by atoms with van der Waals surface area (Å²) in [5.41, 5.74) is -0.590. The van der Waals surface area contributed by atoms with E-state index in [9.17, 15) is 14.7 Å². The van der Waals surface area contributed by atoms with Gasteiger partial charge in [-0.2, -0.15) is 0 Å². The zero-order valence-electron chi connectivity index (χ0n) is 9.97. The normalized spacial score (nSPS) is 26.4. The number of β-amino-alcohol motifs (C(OH)–C–C–N with tert-alkyl or cyclic N) is 1. The van der Waals surface area contributed by atoms with Crippen LogP contribution < -0.4 is 0 Å². The van der Waals surface area contributed by atoms with Crippen LogP contribution in [0.25, 0.3) is 0 Å². The molecule has 0 spiro atoms. The van der Waals surface area contributed by atoms with Gasteiger partial charge < -0.3 is 14.6 Å². The van der Waals surface area contributed by atoms with Gasteiger partial charge in [0.1, 0.15) is 11.9 Å². The first-order valence-electron chi connectivity index (χ1n) is 5.46. The van der Waals surface area contributed by atoms with Crippen LogP contribution in [0.15, 0.2) is 0 Å². The zero-order valence-corrected chi connectivity index (χ0v) is 9.97. The molecule has 0 aromatic rings. The number of carbonyl (C=O) groups excluding carboxylic acids is 2. The summed E-state index contributed by atoms with van der Waals surface area (Å²) in [5, 5.41) is 9.47. The molecule has 0 unspecified atom stereocenters. The second kappa shape index (κ2) is 4.82. The maximum Gasteiger partial charge on any atom is 0.410 e. The van der Waals surface area contributed by atoms with Gasteiger partial charge in [0, 0.05) is 0 Å². The Morgan fingerprint density at radius 3 is 2.56 bits per heavy atom. The van der Waals surface area contributed by atoms with Crippen LogP contribution in [0.3, 0.4) is 0 Å². The molecule has 16 heavy (non-hydrogen) atoms. The summed E-state index contributed by atoms with van der Waals surface area (Å²) in [7, 11) is 0. The van der Waals surface area contributed by atoms with Gasteiger partial charge in [-0.1, -0.05) is 0 Å². The quantitative estimate of drug-likeness (QED) is 0.680. The van der Waals surface area contributed by atoms with Crippen molar-refractivity contribution in [3.8, 4) is 0 Å². The van der Waals surface area contributed by atoms with E-state index in [0.717, 1.165) is 6.29 Å². The fourth-order valence-corrected chi connectivity index (χ4v) is 1.64. The summed E-state index contributed by atoms with van der Waals surface area (Å²) >= 11 is 0. The molecule has 1 fully saturated rings. The number of amides is 1. The predicted octanol–water partition coefficient (Wildman–Crippen LogP) is 0.946. The van der Waals surface area contributed by atoms with Crippen molar-refractivity contribution >= 4 is 12.4 Å². The number of nitrogens with zero attached hydrogens (tertiary/aromatic N) is 1. The highest BCUT2D eigenvalue weighted by atomic mass is 16.6. The van der Waals surface area contributed by atoms with Crippen LogP contribution in [0, 0.1) is 0 Å². The Labute approximate surface area is 95.4 Å². The Hall–Kier alpha value is -1.10. The van der Waals surface area contributed by atoms with Gasteiger partial charge in [0.25, 0.3) is 0 Å². The summed E-state index contributed by atoms with van der Waals surface area (Å²) in [6, 6.07) is -0.474. The van der Waals surface area contributed by atoms with E-state index in [4.69, 9.17) is 4.74 Å². The molecule has 1 saturated heterocycles. The van der Waals surface area contributed by atoms with Gasteiger partial charge in [-0.25, -0.2) is 4.79 Å². The minimum absolute atomic E-state index is 0.165. The molecule has 1 rings (SSSR count). The molecule has 0 bridgehead atoms. The Balaban J connectivity index is 2.67. The standard InChI is InChI=1S/C11H19NO4/c1-11(2,3)16-10(15)12-6-9(14)5-4-8(12)7-13/h7-9,14H,4-6H2,1-3H3/t8-,9-/m1/s1. The molecule has 1 aliphatic heterocycles. The number of aldehydes is 1. The molecule has 0 aliphatic carbocycles. The van der Waals surface area contributed by atoms with Crippen LogP contribution in [-0.2, 0) is 9.53 Å². The number of piperidine rings is 1. The van der Waals surface area contributed by atoms with Crippen molar-refractivity contribution in [1.29, 1.82) is 0 Å². The SMILES string of the molecule is CC(C)(C)OC(=O)N1C[C@H](O)CC[C@@H]1C=O. The average Bonchev–Trinajstić information content (AvgIpc) is 2.15. The lowest BCUT2D eigenvalue weighted by Crippen LogP contribution is -2.51. The molecular weight excluding hydrogens is 210 g/mol. The molecule has 1 aliphatic rings. The minimum Gasteiger partial charge on any atom is -0.444 e. The Morgan fingerprint density at radius 2 is 2.06 bits per heavy atom. The second-order valence-corrected chi connectivity index (χ2v) is 5.07. The first-order valence-corrected chi connectivity index (χ1v) is 5.46. The molecule has 5 nitrogen and oxygen atoms in total. The van der Waals surface area contributed by atoms with E-state index in [2.05, 4.69) is 0 Å². The Bertz CT molecular complexity index is 272. The highest BCUT2D eigenvalue weighted by molar-refractivity contribution is 5.74. The third-order valence-electron chi connectivity index (χ3n) is 2.39. The van der Waals surface area contributed by atoms with Gasteiger partial charge in [0.2, 0.25) is 0 Å². The summed E-state index contributed by atoms with van der Waals surface area (Å²) in [4.78, 5) is 23.9. The molecule has 0 aromatic carbocycles. The van der Waals surface area contributed by atoms with Gasteiger partial charge in [-0.3, -0.25) is 4.90 Å². The van der Waals surface area contributed by atoms with Crippen molar-refractivity contribution in [3.63, 3.8) is 0 Å². The first kappa shape index (κ1) is 13.0. The molecule has 92 valence electrons. The smallest absolute Gasteiger partial charge is 0.410 e. The van der Waals surface area contributed by atoms with E-state index in [1.165, 1.54) is 4.90 Å². The fraction of sp³-hybridized carbons (Fsp3) is 0.818. The van der Waals surface area contributed by atoms with Crippen molar-refractivity contribution in [2.45, 2.75) is 51.4 Å². The van der Waals surface area contributed by atoms with Gasteiger partial charge >= 0.3 is 6.09 Å². The Morgan fingerprint density at radius 1 is 1.44 bits per heavy atom. The average molecular weight is 229 g/mol. The third-order valence-corrected chi connectivity index (χ3v) is 2.39. The molecular formula is C11H19NO4. The number of carbonyl (C=O) groups is 2. The van der Waals surface area contributed by atoms with Gasteiger partial charge in [0.15, 0.2) is 0 Å². The number of hydrogen-bond acceptors (Lipinski definition) is 4. The summed E-state index contributed by atoms with van der Waals surface area (Å²) in [6.45, 7) is 5.46. The van der Waals surface area contributed by atoms with E-state index in [1.807, 2.05) is 0 Å². The van der Waals surface area contributed by atoms with Crippen molar-refractivity contribution < 1.29 is 19.4 Å². The van der Waals surface area contributed by atoms with Crippen LogP contribution in [0.1, 0.15) is 33.6 Å². The highest BCUT2D eigenvalue weighted by Crippen LogP contribution is 2.19. The molecule has 2 atom stereocenters. The van der Waals surface area contributed by atoms with Crippen LogP contribution >= 0.6 is 0 Å². The number of aliphatic hydroxyl groups excluding tert-OH is 1. The lowest BCUT2D eigenvalue weighted by Gasteiger charge is -2.36. The Kier molecular flexibility index (Phi) is 3.91. The molecule has 1 heterocycles. The monoisotopic (exact) mass is 229 g/mol. The molecule has 0 aromatic heterocycles. The summed E-state index contributed by atoms with van der Waals surface area (Å²) in [5.74, 6) is 0. The number of hydrogen-bond donors (Lipinski definition) is 1. The maximum atomic E-state index is 11.8. The first-order chi connectivity index (χ1) is 7.33. The summed E-state index contributed by atoms with van der Waals surface area (Å²) in [6.07, 6.45) is 0.662. The minimum atomic E-state index is -0.590. The highest BCUT2D eigenvalue weighted by Gasteiger charge is 2.33. The molecule has 0 radical (unpaired) electrons. The van der Waals surface area contributed by atoms with E-state index in [-0.39, 0.29) is 6.54 Å². The number of aliphatic hydroxyl groups is 1. The van der Waals surface area contributed by atoms with Crippen molar-refractivity contribution in [3.05, 3.63) is 0 Å². The van der Waals surface area contributed by atoms with Crippen LogP contribution in [0.2, 0.25) is 0 Å². The second-order valence-electron chi connectivity index (χ2n) is 5.07. The van der Waals surface area contributed by atoms with E-state index < -0.39 is 23.8 Å². The van der Waals surface area contributed by atoms with Crippen LogP contribution in [-0.4, -0.2) is 46.7 Å². The van der Waals surface area contributed by atoms with Crippen molar-refractivity contribution in [2.24, 2.45) is 0 Å². The van der Waals surface area contributed by atoms with Gasteiger partial charge in [-0.05, 0) is 33.6 Å². The van der Waals surface area contributed by atoms with Gasteiger partial charge in [0.05, 0.1) is 18.7 Å². The third kappa shape index (κ3) is 3.48. The number of rotatable bonds is 1. The number of likely N-dealkylation sites (tertiary alicyclic amines) is 1. The van der Waals surface area contributed by atoms with Gasteiger partial charge in [-0.15, -0.1) is 0 Å². The van der Waals surface area contributed by atoms with E-state index in [1.54, 1.807) is 20.8 Å². The van der Waals surface area contributed by atoms with Crippen LogP contribution in [0.5, 0.6) is 0 Å². The fourth-order valence-electron chi connectivity index (χ4n) is 1.64. The number of ether oxygens (including phenoxy) is 1. The molecule has 1 amide bonds. The summed E-state index contributed by atoms with van der Waals surface area (Å²) < 4.78 is 5.17. The van der Waals surface area contributed by atoms with E-state index in [0.29, 0.717) is 12.8 Å². The topological polar surface area (TPSA) is 66.8 Å². The van der Waals surface area contributed by atoms with Crippen molar-refractivity contribution in [2.75, 3.05) is 6.54 Å². The van der Waals surface area contributed by atoms with Crippen molar-refractivity contribution in [1.82, 2.24) is 4.90 Å². The molecule has 1 N–H and O–H groups in total. The lowest BCUT2D eigenvalue weighted by atomic mass is 10.0. The maximum absolute atomic E-state index is 11.8. The predicted molar refractivity (Wildman–Crippen MR) is 58.0 cm³/mol. The molecule has 5 heteroatoms. The largest absolute Gasteiger partial charge is 0.444 e. The van der Waals surface area contributed by atoms with Crippen LogP contribution in [0.4, 0.5) is 4.79 Å².